The van der Waals surface area contributed by atoms with Gasteiger partial charge in [0, 0.05) is 16.6 Å². The summed E-state index contributed by atoms with van der Waals surface area (Å²) in [5.74, 6) is 0.662. The second-order valence-electron chi connectivity index (χ2n) is 3.91. The molecule has 0 heterocycles. The quantitative estimate of drug-likeness (QED) is 0.756. The third-order valence-corrected chi connectivity index (χ3v) is 3.23. The van der Waals surface area contributed by atoms with Gasteiger partial charge in [0.05, 0.1) is 0 Å². The summed E-state index contributed by atoms with van der Waals surface area (Å²) in [5.41, 5.74) is 1.21. The molecular formula is C12H19NS. The zero-order valence-electron chi connectivity index (χ0n) is 9.37. The molecule has 1 aromatic rings. The molecule has 0 aromatic heterocycles. The molecule has 0 aliphatic heterocycles. The predicted octanol–water partition coefficient (Wildman–Crippen LogP) is 3.86. The number of rotatable bonds is 4. The van der Waals surface area contributed by atoms with E-state index in [0.717, 1.165) is 0 Å². The van der Waals surface area contributed by atoms with Crippen molar-refractivity contribution in [3.8, 4) is 0 Å². The Morgan fingerprint density at radius 2 is 1.64 bits per heavy atom. The summed E-state index contributed by atoms with van der Waals surface area (Å²) in [5, 5.41) is 3.48. The van der Waals surface area contributed by atoms with Crippen molar-refractivity contribution in [3.63, 3.8) is 0 Å². The predicted molar refractivity (Wildman–Crippen MR) is 66.1 cm³/mol. The first-order valence-electron chi connectivity index (χ1n) is 5.04. The van der Waals surface area contributed by atoms with Crippen LogP contribution < -0.4 is 5.32 Å². The standard InChI is InChI=1S/C12H19NS/c1-9(2)10(3)13-11-5-7-12(14-4)8-6-11/h5-10,13H,1-4H3/t10-/m0/s1. The van der Waals surface area contributed by atoms with E-state index in [9.17, 15) is 0 Å². The normalized spacial score (nSPS) is 12.9. The zero-order valence-corrected chi connectivity index (χ0v) is 10.2. The van der Waals surface area contributed by atoms with E-state index in [0.29, 0.717) is 12.0 Å². The maximum Gasteiger partial charge on any atom is 0.0343 e. The monoisotopic (exact) mass is 209 g/mol. The van der Waals surface area contributed by atoms with Crippen LogP contribution in [0, 0.1) is 5.92 Å². The Morgan fingerprint density at radius 1 is 1.07 bits per heavy atom. The van der Waals surface area contributed by atoms with E-state index in [4.69, 9.17) is 0 Å². The molecule has 0 saturated carbocycles. The molecule has 1 atom stereocenters. The van der Waals surface area contributed by atoms with E-state index >= 15 is 0 Å². The second-order valence-corrected chi connectivity index (χ2v) is 4.79. The van der Waals surface area contributed by atoms with Crippen LogP contribution in [0.15, 0.2) is 29.2 Å². The van der Waals surface area contributed by atoms with Crippen LogP contribution in [0.1, 0.15) is 20.8 Å². The van der Waals surface area contributed by atoms with E-state index in [1.807, 2.05) is 0 Å². The van der Waals surface area contributed by atoms with Crippen molar-refractivity contribution in [1.82, 2.24) is 0 Å². The van der Waals surface area contributed by atoms with Crippen molar-refractivity contribution < 1.29 is 0 Å². The first kappa shape index (κ1) is 11.4. The van der Waals surface area contributed by atoms with Crippen LogP contribution in [-0.2, 0) is 0 Å². The molecule has 1 aromatic carbocycles. The van der Waals surface area contributed by atoms with Gasteiger partial charge in [-0.1, -0.05) is 13.8 Å². The van der Waals surface area contributed by atoms with Gasteiger partial charge in [-0.25, -0.2) is 0 Å². The summed E-state index contributed by atoms with van der Waals surface area (Å²) >= 11 is 1.77. The molecular weight excluding hydrogens is 190 g/mol. The van der Waals surface area contributed by atoms with E-state index in [1.54, 1.807) is 11.8 Å². The number of hydrogen-bond acceptors (Lipinski definition) is 2. The highest BCUT2D eigenvalue weighted by Gasteiger charge is 2.05. The minimum atomic E-state index is 0.523. The molecule has 78 valence electrons. The molecule has 1 nitrogen and oxygen atoms in total. The van der Waals surface area contributed by atoms with Gasteiger partial charge in [-0.2, -0.15) is 0 Å². The van der Waals surface area contributed by atoms with Crippen molar-refractivity contribution in [2.24, 2.45) is 5.92 Å². The molecule has 0 spiro atoms. The maximum absolute atomic E-state index is 3.48. The molecule has 2 heteroatoms. The third-order valence-electron chi connectivity index (χ3n) is 2.48. The van der Waals surface area contributed by atoms with Crippen LogP contribution in [-0.4, -0.2) is 12.3 Å². The Morgan fingerprint density at radius 3 is 2.07 bits per heavy atom. The molecule has 0 radical (unpaired) electrons. The van der Waals surface area contributed by atoms with Gasteiger partial charge in [0.25, 0.3) is 0 Å². The van der Waals surface area contributed by atoms with Crippen molar-refractivity contribution >= 4 is 17.4 Å². The largest absolute Gasteiger partial charge is 0.382 e. The Bertz CT molecular complexity index is 266. The number of thioether (sulfide) groups is 1. The topological polar surface area (TPSA) is 12.0 Å². The molecule has 1 rings (SSSR count). The van der Waals surface area contributed by atoms with Crippen molar-refractivity contribution in [2.45, 2.75) is 31.7 Å². The number of nitrogens with one attached hydrogen (secondary N) is 1. The molecule has 0 amide bonds. The highest BCUT2D eigenvalue weighted by Crippen LogP contribution is 2.18. The van der Waals surface area contributed by atoms with Crippen molar-refractivity contribution in [2.75, 3.05) is 11.6 Å². The number of hydrogen-bond donors (Lipinski definition) is 1. The van der Waals surface area contributed by atoms with E-state index < -0.39 is 0 Å². The van der Waals surface area contributed by atoms with E-state index in [-0.39, 0.29) is 0 Å². The average Bonchev–Trinajstić information content (AvgIpc) is 2.19. The summed E-state index contributed by atoms with van der Waals surface area (Å²) < 4.78 is 0. The van der Waals surface area contributed by atoms with Gasteiger partial charge in [-0.15, -0.1) is 11.8 Å². The average molecular weight is 209 g/mol. The van der Waals surface area contributed by atoms with Crippen molar-refractivity contribution in [1.29, 1.82) is 0 Å². The molecule has 1 N–H and O–H groups in total. The molecule has 14 heavy (non-hydrogen) atoms. The molecule has 0 fully saturated rings. The SMILES string of the molecule is CSc1ccc(N[C@@H](C)C(C)C)cc1. The minimum Gasteiger partial charge on any atom is -0.382 e. The first-order valence-corrected chi connectivity index (χ1v) is 6.26. The Kier molecular flexibility index (Phi) is 4.33. The Balaban J connectivity index is 2.59. The minimum absolute atomic E-state index is 0.523. The highest BCUT2D eigenvalue weighted by atomic mass is 32.2. The molecule has 0 saturated heterocycles. The Hall–Kier alpha value is -0.630. The second kappa shape index (κ2) is 5.30. The van der Waals surface area contributed by atoms with Gasteiger partial charge in [-0.05, 0) is 43.4 Å². The van der Waals surface area contributed by atoms with Gasteiger partial charge in [0.1, 0.15) is 0 Å². The van der Waals surface area contributed by atoms with Gasteiger partial charge in [0.15, 0.2) is 0 Å². The third kappa shape index (κ3) is 3.26. The van der Waals surface area contributed by atoms with Crippen LogP contribution in [0.4, 0.5) is 5.69 Å². The van der Waals surface area contributed by atoms with Crippen LogP contribution in [0.2, 0.25) is 0 Å². The van der Waals surface area contributed by atoms with Crippen LogP contribution in [0.3, 0.4) is 0 Å². The fraction of sp³-hybridized carbons (Fsp3) is 0.500. The van der Waals surface area contributed by atoms with Gasteiger partial charge in [0.2, 0.25) is 0 Å². The van der Waals surface area contributed by atoms with Crippen LogP contribution in [0.25, 0.3) is 0 Å². The van der Waals surface area contributed by atoms with Crippen LogP contribution >= 0.6 is 11.8 Å². The summed E-state index contributed by atoms with van der Waals surface area (Å²) in [7, 11) is 0. The zero-order chi connectivity index (χ0) is 10.6. The fourth-order valence-corrected chi connectivity index (χ4v) is 1.53. The van der Waals surface area contributed by atoms with Crippen molar-refractivity contribution in [3.05, 3.63) is 24.3 Å². The summed E-state index contributed by atoms with van der Waals surface area (Å²) in [6.07, 6.45) is 2.10. The van der Waals surface area contributed by atoms with Gasteiger partial charge < -0.3 is 5.32 Å². The lowest BCUT2D eigenvalue weighted by atomic mass is 10.1. The summed E-state index contributed by atoms with van der Waals surface area (Å²) in [6, 6.07) is 9.12. The number of anilines is 1. The summed E-state index contributed by atoms with van der Waals surface area (Å²) in [6.45, 7) is 6.68. The molecule has 0 aliphatic rings. The first-order chi connectivity index (χ1) is 6.63. The van der Waals surface area contributed by atoms with E-state index in [2.05, 4.69) is 56.6 Å². The van der Waals surface area contributed by atoms with Crippen LogP contribution in [0.5, 0.6) is 0 Å². The molecule has 0 bridgehead atoms. The lowest BCUT2D eigenvalue weighted by molar-refractivity contribution is 0.560. The number of benzene rings is 1. The van der Waals surface area contributed by atoms with Gasteiger partial charge in [-0.3, -0.25) is 0 Å². The lowest BCUT2D eigenvalue weighted by Crippen LogP contribution is -2.21. The smallest absolute Gasteiger partial charge is 0.0343 e. The maximum atomic E-state index is 3.48. The molecule has 0 unspecified atom stereocenters. The highest BCUT2D eigenvalue weighted by molar-refractivity contribution is 7.98. The fourth-order valence-electron chi connectivity index (χ4n) is 1.12. The van der Waals surface area contributed by atoms with Gasteiger partial charge >= 0.3 is 0 Å². The van der Waals surface area contributed by atoms with E-state index in [1.165, 1.54) is 10.6 Å². The molecule has 0 aliphatic carbocycles. The Labute approximate surface area is 91.3 Å². The lowest BCUT2D eigenvalue weighted by Gasteiger charge is -2.18. The summed E-state index contributed by atoms with van der Waals surface area (Å²) in [4.78, 5) is 1.31.